The number of nitrogens with zero attached hydrogens (tertiary/aromatic N) is 2. The second-order valence-electron chi connectivity index (χ2n) is 5.86. The van der Waals surface area contributed by atoms with Crippen LogP contribution < -0.4 is 10.6 Å². The molecule has 0 unspecified atom stereocenters. The monoisotopic (exact) mass is 378 g/mol. The van der Waals surface area contributed by atoms with Gasteiger partial charge in [-0.3, -0.25) is 0 Å². The minimum atomic E-state index is -1.04. The molecule has 0 saturated carbocycles. The summed E-state index contributed by atoms with van der Waals surface area (Å²) in [6.45, 7) is 1.73. The van der Waals surface area contributed by atoms with Crippen molar-refractivity contribution in [1.29, 1.82) is 0 Å². The third kappa shape index (κ3) is 4.42. The highest BCUT2D eigenvalue weighted by Crippen LogP contribution is 2.23. The summed E-state index contributed by atoms with van der Waals surface area (Å²) in [5.74, 6) is -0.0518. The predicted molar refractivity (Wildman–Crippen MR) is 105 cm³/mol. The molecule has 0 atom stereocenters. The summed E-state index contributed by atoms with van der Waals surface area (Å²) >= 11 is 0. The number of carboxylic acids is 1. The number of carbonyl (C=O) groups is 2. The summed E-state index contributed by atoms with van der Waals surface area (Å²) in [7, 11) is 1.32. The van der Waals surface area contributed by atoms with Crippen LogP contribution in [0.15, 0.2) is 54.6 Å². The van der Waals surface area contributed by atoms with Crippen LogP contribution in [0.2, 0.25) is 0 Å². The van der Waals surface area contributed by atoms with Gasteiger partial charge in [0.25, 0.3) is 0 Å². The van der Waals surface area contributed by atoms with Crippen LogP contribution in [0.5, 0.6) is 0 Å². The highest BCUT2D eigenvalue weighted by atomic mass is 16.5. The average Bonchev–Trinajstić information content (AvgIpc) is 2.67. The number of anilines is 4. The first-order valence-electron chi connectivity index (χ1n) is 8.36. The molecule has 8 heteroatoms. The maximum atomic E-state index is 11.7. The highest BCUT2D eigenvalue weighted by molar-refractivity contribution is 5.95. The van der Waals surface area contributed by atoms with E-state index in [0.29, 0.717) is 34.4 Å². The Kier molecular flexibility index (Phi) is 5.50. The lowest BCUT2D eigenvalue weighted by Gasteiger charge is -2.12. The van der Waals surface area contributed by atoms with Crippen molar-refractivity contribution in [2.45, 2.75) is 6.92 Å². The standard InChI is InChI=1S/C20H18N4O4/c1-12-21-17(23-14-7-5-6-13(10-14)20(27)28-2)11-18(22-12)24-16-9-4-3-8-15(16)19(25)26/h3-11H,1-2H3,(H,25,26)(H2,21,22,23,24). The molecule has 0 radical (unpaired) electrons. The SMILES string of the molecule is COC(=O)c1cccc(Nc2cc(Nc3ccccc3C(=O)O)nc(C)n2)c1. The number of rotatable bonds is 6. The summed E-state index contributed by atoms with van der Waals surface area (Å²) in [4.78, 5) is 31.7. The molecular formula is C20H18N4O4. The molecule has 8 nitrogen and oxygen atoms in total. The zero-order valence-corrected chi connectivity index (χ0v) is 15.3. The average molecular weight is 378 g/mol. The normalized spacial score (nSPS) is 10.2. The van der Waals surface area contributed by atoms with Gasteiger partial charge in [-0.15, -0.1) is 0 Å². The molecule has 0 saturated heterocycles. The fraction of sp³-hybridized carbons (Fsp3) is 0.100. The Bertz CT molecular complexity index is 1040. The van der Waals surface area contributed by atoms with Gasteiger partial charge < -0.3 is 20.5 Å². The van der Waals surface area contributed by atoms with Crippen molar-refractivity contribution in [2.75, 3.05) is 17.7 Å². The highest BCUT2D eigenvalue weighted by Gasteiger charge is 2.11. The van der Waals surface area contributed by atoms with Crippen molar-refractivity contribution in [3.8, 4) is 0 Å². The second-order valence-corrected chi connectivity index (χ2v) is 5.86. The first-order chi connectivity index (χ1) is 13.5. The van der Waals surface area contributed by atoms with Crippen LogP contribution in [0.25, 0.3) is 0 Å². The molecule has 3 aromatic rings. The van der Waals surface area contributed by atoms with Gasteiger partial charge in [0.1, 0.15) is 17.5 Å². The fourth-order valence-electron chi connectivity index (χ4n) is 2.60. The number of carboxylic acid groups (broad SMARTS) is 1. The molecule has 0 aliphatic heterocycles. The number of carbonyl (C=O) groups excluding carboxylic acids is 1. The molecule has 0 bridgehead atoms. The number of aromatic carboxylic acids is 1. The molecule has 0 spiro atoms. The molecule has 142 valence electrons. The number of esters is 1. The van der Waals surface area contributed by atoms with E-state index in [1.807, 2.05) is 0 Å². The summed E-state index contributed by atoms with van der Waals surface area (Å²) in [6, 6.07) is 15.0. The van der Waals surface area contributed by atoms with Crippen molar-refractivity contribution in [3.05, 3.63) is 71.5 Å². The maximum absolute atomic E-state index is 11.7. The molecular weight excluding hydrogens is 360 g/mol. The molecule has 0 amide bonds. The minimum Gasteiger partial charge on any atom is -0.478 e. The van der Waals surface area contributed by atoms with Crippen LogP contribution in [0.4, 0.5) is 23.0 Å². The van der Waals surface area contributed by atoms with Gasteiger partial charge in [0.2, 0.25) is 0 Å². The lowest BCUT2D eigenvalue weighted by molar-refractivity contribution is 0.0600. The third-order valence-electron chi connectivity index (χ3n) is 3.81. The van der Waals surface area contributed by atoms with E-state index in [-0.39, 0.29) is 5.56 Å². The number of methoxy groups -OCH3 is 1. The lowest BCUT2D eigenvalue weighted by atomic mass is 10.2. The van der Waals surface area contributed by atoms with E-state index in [0.717, 1.165) is 0 Å². The van der Waals surface area contributed by atoms with Gasteiger partial charge in [0, 0.05) is 11.8 Å². The molecule has 0 aliphatic rings. The number of benzene rings is 2. The molecule has 1 heterocycles. The summed E-state index contributed by atoms with van der Waals surface area (Å²) in [5.41, 5.74) is 1.62. The summed E-state index contributed by atoms with van der Waals surface area (Å²) in [6.07, 6.45) is 0. The van der Waals surface area contributed by atoms with Crippen LogP contribution >= 0.6 is 0 Å². The number of ether oxygens (including phenoxy) is 1. The first-order valence-corrected chi connectivity index (χ1v) is 8.36. The van der Waals surface area contributed by atoms with Crippen LogP contribution in [-0.4, -0.2) is 34.1 Å². The van der Waals surface area contributed by atoms with Crippen molar-refractivity contribution in [1.82, 2.24) is 9.97 Å². The zero-order chi connectivity index (χ0) is 20.1. The molecule has 28 heavy (non-hydrogen) atoms. The number of aromatic nitrogens is 2. The number of hydrogen-bond donors (Lipinski definition) is 3. The molecule has 2 aromatic carbocycles. The van der Waals surface area contributed by atoms with Gasteiger partial charge in [-0.25, -0.2) is 19.6 Å². The number of nitrogens with one attached hydrogen (secondary N) is 2. The quantitative estimate of drug-likeness (QED) is 0.556. The minimum absolute atomic E-state index is 0.138. The number of hydrogen-bond acceptors (Lipinski definition) is 7. The topological polar surface area (TPSA) is 113 Å². The van der Waals surface area contributed by atoms with Gasteiger partial charge in [-0.05, 0) is 37.3 Å². The lowest BCUT2D eigenvalue weighted by Crippen LogP contribution is -2.06. The summed E-state index contributed by atoms with van der Waals surface area (Å²) in [5, 5.41) is 15.4. The second kappa shape index (κ2) is 8.17. The van der Waals surface area contributed by atoms with Gasteiger partial charge in [-0.2, -0.15) is 0 Å². The number of para-hydroxylation sites is 1. The van der Waals surface area contributed by atoms with E-state index in [2.05, 4.69) is 20.6 Å². The predicted octanol–water partition coefficient (Wildman–Crippen LogP) is 3.76. The molecule has 0 aliphatic carbocycles. The molecule has 1 aromatic heterocycles. The Hall–Kier alpha value is -3.94. The number of aryl methyl sites for hydroxylation is 1. The van der Waals surface area contributed by atoms with Crippen molar-refractivity contribution in [3.63, 3.8) is 0 Å². The van der Waals surface area contributed by atoms with E-state index in [4.69, 9.17) is 4.74 Å². The van der Waals surface area contributed by atoms with Crippen LogP contribution in [0.3, 0.4) is 0 Å². The summed E-state index contributed by atoms with van der Waals surface area (Å²) < 4.78 is 4.73. The Balaban J connectivity index is 1.87. The van der Waals surface area contributed by atoms with Gasteiger partial charge in [-0.1, -0.05) is 18.2 Å². The van der Waals surface area contributed by atoms with Crippen molar-refractivity contribution < 1.29 is 19.4 Å². The van der Waals surface area contributed by atoms with E-state index in [1.54, 1.807) is 55.5 Å². The third-order valence-corrected chi connectivity index (χ3v) is 3.81. The Morgan fingerprint density at radius 1 is 0.964 bits per heavy atom. The van der Waals surface area contributed by atoms with Gasteiger partial charge >= 0.3 is 11.9 Å². The maximum Gasteiger partial charge on any atom is 0.337 e. The first kappa shape index (κ1) is 18.8. The van der Waals surface area contributed by atoms with Crippen LogP contribution in [0, 0.1) is 6.92 Å². The molecule has 0 fully saturated rings. The Labute approximate surface area is 161 Å². The Morgan fingerprint density at radius 3 is 2.39 bits per heavy atom. The van der Waals surface area contributed by atoms with Gasteiger partial charge in [0.15, 0.2) is 0 Å². The van der Waals surface area contributed by atoms with E-state index >= 15 is 0 Å². The molecule has 3 rings (SSSR count). The van der Waals surface area contributed by atoms with Gasteiger partial charge in [0.05, 0.1) is 23.9 Å². The van der Waals surface area contributed by atoms with Crippen molar-refractivity contribution in [2.24, 2.45) is 0 Å². The van der Waals surface area contributed by atoms with Crippen LogP contribution in [0.1, 0.15) is 26.5 Å². The van der Waals surface area contributed by atoms with Crippen molar-refractivity contribution >= 4 is 34.9 Å². The smallest absolute Gasteiger partial charge is 0.337 e. The molecule has 3 N–H and O–H groups in total. The largest absolute Gasteiger partial charge is 0.478 e. The van der Waals surface area contributed by atoms with E-state index in [9.17, 15) is 14.7 Å². The van der Waals surface area contributed by atoms with E-state index in [1.165, 1.54) is 13.2 Å². The Morgan fingerprint density at radius 2 is 1.68 bits per heavy atom. The zero-order valence-electron chi connectivity index (χ0n) is 15.3. The van der Waals surface area contributed by atoms with E-state index < -0.39 is 11.9 Å². The van der Waals surface area contributed by atoms with Crippen LogP contribution in [-0.2, 0) is 4.74 Å². The fourth-order valence-corrected chi connectivity index (χ4v) is 2.60.